The van der Waals surface area contributed by atoms with Gasteiger partial charge in [0.2, 0.25) is 15.9 Å². The van der Waals surface area contributed by atoms with Crippen LogP contribution in [0, 0.1) is 11.7 Å². The van der Waals surface area contributed by atoms with Crippen LogP contribution in [0.1, 0.15) is 23.2 Å². The van der Waals surface area contributed by atoms with Gasteiger partial charge in [-0.2, -0.15) is 0 Å². The molecule has 0 bridgehead atoms. The van der Waals surface area contributed by atoms with Crippen LogP contribution in [0.4, 0.5) is 4.39 Å². The van der Waals surface area contributed by atoms with E-state index >= 15 is 0 Å². The third-order valence-corrected chi connectivity index (χ3v) is 6.23. The van der Waals surface area contributed by atoms with Crippen LogP contribution in [0.5, 0.6) is 0 Å². The molecule has 26 heavy (non-hydrogen) atoms. The second-order valence-corrected chi connectivity index (χ2v) is 8.69. The molecule has 1 aromatic carbocycles. The summed E-state index contributed by atoms with van der Waals surface area (Å²) in [6.45, 7) is 0.498. The molecule has 0 spiro atoms. The molecule has 0 saturated carbocycles. The van der Waals surface area contributed by atoms with Crippen molar-refractivity contribution in [3.8, 4) is 0 Å². The number of carbonyl (C=O) groups excluding carboxylic acids is 2. The molecule has 2 atom stereocenters. The van der Waals surface area contributed by atoms with Crippen LogP contribution in [0.3, 0.4) is 0 Å². The van der Waals surface area contributed by atoms with E-state index in [-0.39, 0.29) is 49.4 Å². The van der Waals surface area contributed by atoms with E-state index in [2.05, 4.69) is 5.32 Å². The van der Waals surface area contributed by atoms with Crippen molar-refractivity contribution in [2.75, 3.05) is 33.1 Å². The van der Waals surface area contributed by atoms with E-state index < -0.39 is 21.9 Å². The minimum Gasteiger partial charge on any atom is -0.379 e. The Kier molecular flexibility index (Phi) is 6.85. The molecule has 1 N–H and O–H groups in total. The van der Waals surface area contributed by atoms with Crippen molar-refractivity contribution in [2.24, 2.45) is 5.92 Å². The first-order valence-corrected chi connectivity index (χ1v) is 9.86. The van der Waals surface area contributed by atoms with Gasteiger partial charge in [-0.05, 0) is 24.3 Å². The molecule has 0 aliphatic carbocycles. The molecule has 7 nitrogen and oxygen atoms in total. The number of hydrogen-bond donors (Lipinski definition) is 1. The Hall–Kier alpha value is -1.84. The van der Waals surface area contributed by atoms with Crippen LogP contribution in [-0.2, 0) is 19.6 Å². The lowest BCUT2D eigenvalue weighted by atomic mass is 10.0. The molecule has 1 fully saturated rings. The van der Waals surface area contributed by atoms with Gasteiger partial charge in [0.1, 0.15) is 5.82 Å². The smallest absolute Gasteiger partial charge is 0.220 e. The molecule has 1 aromatic rings. The summed E-state index contributed by atoms with van der Waals surface area (Å²) in [4.78, 5) is 24.1. The Morgan fingerprint density at radius 3 is 2.46 bits per heavy atom. The van der Waals surface area contributed by atoms with Crippen LogP contribution in [0.25, 0.3) is 0 Å². The highest BCUT2D eigenvalue weighted by Gasteiger charge is 2.34. The quantitative estimate of drug-likeness (QED) is 0.668. The first kappa shape index (κ1) is 20.5. The van der Waals surface area contributed by atoms with Crippen molar-refractivity contribution in [3.63, 3.8) is 0 Å². The molecular weight excluding hydrogens is 363 g/mol. The Labute approximate surface area is 152 Å². The van der Waals surface area contributed by atoms with Gasteiger partial charge >= 0.3 is 0 Å². The van der Waals surface area contributed by atoms with Crippen molar-refractivity contribution in [1.29, 1.82) is 0 Å². The second-order valence-electron chi connectivity index (χ2n) is 6.46. The number of halogens is 1. The first-order chi connectivity index (χ1) is 12.2. The normalized spacial score (nSPS) is 20.3. The zero-order valence-corrected chi connectivity index (χ0v) is 15.6. The molecule has 1 heterocycles. The van der Waals surface area contributed by atoms with Crippen LogP contribution in [0.15, 0.2) is 24.3 Å². The molecule has 0 aromatic heterocycles. The lowest BCUT2D eigenvalue weighted by Crippen LogP contribution is -2.43. The highest BCUT2D eigenvalue weighted by molar-refractivity contribution is 7.89. The van der Waals surface area contributed by atoms with Crippen LogP contribution in [-0.4, -0.2) is 63.5 Å². The van der Waals surface area contributed by atoms with E-state index in [9.17, 15) is 22.4 Å². The fourth-order valence-corrected chi connectivity index (χ4v) is 3.80. The predicted octanol–water partition coefficient (Wildman–Crippen LogP) is 0.811. The van der Waals surface area contributed by atoms with Gasteiger partial charge in [0.25, 0.3) is 0 Å². The topological polar surface area (TPSA) is 92.8 Å². The Balaban J connectivity index is 1.84. The summed E-state index contributed by atoms with van der Waals surface area (Å²) < 4.78 is 43.3. The fourth-order valence-electron chi connectivity index (χ4n) is 2.63. The summed E-state index contributed by atoms with van der Waals surface area (Å²) in [6.07, 6.45) is -0.0361. The number of nitrogens with zero attached hydrogens (tertiary/aromatic N) is 1. The van der Waals surface area contributed by atoms with E-state index in [1.165, 1.54) is 38.4 Å². The second kappa shape index (κ2) is 8.70. The monoisotopic (exact) mass is 386 g/mol. The zero-order valence-electron chi connectivity index (χ0n) is 14.8. The number of rotatable bonds is 8. The molecule has 0 radical (unpaired) electrons. The third-order valence-electron chi connectivity index (χ3n) is 4.27. The van der Waals surface area contributed by atoms with Crippen LogP contribution < -0.4 is 5.32 Å². The predicted molar refractivity (Wildman–Crippen MR) is 93.7 cm³/mol. The molecule has 1 aliphatic heterocycles. The number of benzene rings is 1. The Bertz CT molecular complexity index is 749. The number of Topliss-reactive ketones (excluding diaryl/α,β-unsaturated/α-hetero) is 1. The number of sulfonamides is 1. The fraction of sp³-hybridized carbons (Fsp3) is 0.529. The molecule has 0 unspecified atom stereocenters. The average Bonchev–Trinajstić information content (AvgIpc) is 2.99. The minimum absolute atomic E-state index is 0.00823. The lowest BCUT2D eigenvalue weighted by Gasteiger charge is -2.21. The van der Waals surface area contributed by atoms with Crippen LogP contribution >= 0.6 is 0 Å². The van der Waals surface area contributed by atoms with E-state index in [0.717, 1.165) is 4.31 Å². The van der Waals surface area contributed by atoms with Crippen molar-refractivity contribution < 1.29 is 27.1 Å². The highest BCUT2D eigenvalue weighted by atomic mass is 32.2. The summed E-state index contributed by atoms with van der Waals surface area (Å²) in [6, 6.07) is 4.74. The number of ether oxygens (including phenoxy) is 1. The summed E-state index contributed by atoms with van der Waals surface area (Å²) in [5.41, 5.74) is 0.346. The maximum Gasteiger partial charge on any atom is 0.220 e. The number of nitrogens with one attached hydrogen (secondary N) is 1. The molecule has 1 saturated heterocycles. The number of amides is 1. The summed E-state index contributed by atoms with van der Waals surface area (Å²) in [7, 11) is -0.482. The van der Waals surface area contributed by atoms with Gasteiger partial charge in [0.05, 0.1) is 25.0 Å². The van der Waals surface area contributed by atoms with E-state index in [1.807, 2.05) is 0 Å². The van der Waals surface area contributed by atoms with Crippen LogP contribution in [0.2, 0.25) is 0 Å². The Morgan fingerprint density at radius 2 is 1.85 bits per heavy atom. The van der Waals surface area contributed by atoms with Crippen molar-refractivity contribution in [1.82, 2.24) is 9.62 Å². The number of ketones is 1. The molecule has 1 amide bonds. The van der Waals surface area contributed by atoms with Crippen molar-refractivity contribution in [3.05, 3.63) is 35.6 Å². The third kappa shape index (κ3) is 5.58. The number of hydrogen-bond acceptors (Lipinski definition) is 5. The zero-order chi connectivity index (χ0) is 19.3. The maximum absolute atomic E-state index is 12.9. The largest absolute Gasteiger partial charge is 0.379 e. The SMILES string of the molecule is CN(C)S(=O)(=O)C[C@@H]1COC[C@H]1NC(=O)CCC(=O)c1ccc(F)cc1. The molecule has 1 aliphatic rings. The van der Waals surface area contributed by atoms with E-state index in [4.69, 9.17) is 4.74 Å². The highest BCUT2D eigenvalue weighted by Crippen LogP contribution is 2.17. The molecule has 144 valence electrons. The standard InChI is InChI=1S/C17H23FN2O5S/c1-20(2)26(23,24)11-13-9-25-10-15(13)19-17(22)8-7-16(21)12-3-5-14(18)6-4-12/h3-6,13,15H,7-11H2,1-2H3,(H,19,22)/t13-,15+/m0/s1. The van der Waals surface area contributed by atoms with Gasteiger partial charge < -0.3 is 10.1 Å². The van der Waals surface area contributed by atoms with Gasteiger partial charge in [-0.15, -0.1) is 0 Å². The van der Waals surface area contributed by atoms with E-state index in [0.29, 0.717) is 5.56 Å². The van der Waals surface area contributed by atoms with Crippen molar-refractivity contribution in [2.45, 2.75) is 18.9 Å². The summed E-state index contributed by atoms with van der Waals surface area (Å²) in [5, 5.41) is 2.75. The summed E-state index contributed by atoms with van der Waals surface area (Å²) in [5.74, 6) is -1.48. The van der Waals surface area contributed by atoms with Gasteiger partial charge in [-0.1, -0.05) is 0 Å². The van der Waals surface area contributed by atoms with Gasteiger partial charge in [-0.3, -0.25) is 9.59 Å². The maximum atomic E-state index is 12.9. The van der Waals surface area contributed by atoms with Crippen molar-refractivity contribution >= 4 is 21.7 Å². The first-order valence-electron chi connectivity index (χ1n) is 8.25. The molecule has 9 heteroatoms. The molecular formula is C17H23FN2O5S. The van der Waals surface area contributed by atoms with Gasteiger partial charge in [-0.25, -0.2) is 17.1 Å². The lowest BCUT2D eigenvalue weighted by molar-refractivity contribution is -0.122. The van der Waals surface area contributed by atoms with E-state index in [1.54, 1.807) is 0 Å². The summed E-state index contributed by atoms with van der Waals surface area (Å²) >= 11 is 0. The minimum atomic E-state index is -3.40. The van der Waals surface area contributed by atoms with Gasteiger partial charge in [0.15, 0.2) is 5.78 Å². The molecule has 2 rings (SSSR count). The Morgan fingerprint density at radius 1 is 1.19 bits per heavy atom. The average molecular weight is 386 g/mol. The number of carbonyl (C=O) groups is 2. The van der Waals surface area contributed by atoms with Gasteiger partial charge in [0, 0.05) is 38.4 Å².